The van der Waals surface area contributed by atoms with E-state index in [2.05, 4.69) is 27.8 Å². The van der Waals surface area contributed by atoms with Crippen LogP contribution < -0.4 is 5.73 Å². The number of aryl methyl sites for hydroxylation is 1. The molecule has 0 amide bonds. The highest BCUT2D eigenvalue weighted by Gasteiger charge is 2.20. The molecule has 0 bridgehead atoms. The molecule has 3 nitrogen and oxygen atoms in total. The first-order chi connectivity index (χ1) is 8.65. The SMILES string of the molecule is CCCn1ccnc1C(N)c1c(F)cccc1Br. The number of nitrogens with zero attached hydrogens (tertiary/aromatic N) is 2. The fourth-order valence-electron chi connectivity index (χ4n) is 1.97. The maximum atomic E-state index is 13.9. The number of nitrogens with two attached hydrogens (primary N) is 1. The summed E-state index contributed by atoms with van der Waals surface area (Å²) in [5, 5.41) is 0. The number of aromatic nitrogens is 2. The molecular formula is C13H15BrFN3. The van der Waals surface area contributed by atoms with Crippen LogP contribution in [0.5, 0.6) is 0 Å². The van der Waals surface area contributed by atoms with Crippen molar-refractivity contribution in [1.29, 1.82) is 0 Å². The molecule has 0 aliphatic rings. The van der Waals surface area contributed by atoms with Crippen molar-refractivity contribution in [2.45, 2.75) is 25.9 Å². The Bertz CT molecular complexity index is 519. The van der Waals surface area contributed by atoms with Gasteiger partial charge >= 0.3 is 0 Å². The van der Waals surface area contributed by atoms with E-state index in [1.54, 1.807) is 18.3 Å². The summed E-state index contributed by atoms with van der Waals surface area (Å²) in [6, 6.07) is 4.27. The molecule has 1 atom stereocenters. The van der Waals surface area contributed by atoms with Crippen LogP contribution >= 0.6 is 15.9 Å². The molecule has 5 heteroatoms. The van der Waals surface area contributed by atoms with E-state index in [0.717, 1.165) is 13.0 Å². The summed E-state index contributed by atoms with van der Waals surface area (Å²) in [6.45, 7) is 2.91. The van der Waals surface area contributed by atoms with Crippen molar-refractivity contribution in [3.8, 4) is 0 Å². The van der Waals surface area contributed by atoms with Gasteiger partial charge in [0.25, 0.3) is 0 Å². The molecule has 0 aliphatic heterocycles. The van der Waals surface area contributed by atoms with Gasteiger partial charge in [-0.05, 0) is 18.6 Å². The van der Waals surface area contributed by atoms with Crippen LogP contribution in [0.4, 0.5) is 4.39 Å². The zero-order valence-electron chi connectivity index (χ0n) is 10.1. The van der Waals surface area contributed by atoms with Gasteiger partial charge in [0, 0.05) is 29.0 Å². The number of halogens is 2. The number of hydrogen-bond donors (Lipinski definition) is 1. The minimum Gasteiger partial charge on any atom is -0.333 e. The average molecular weight is 312 g/mol. The van der Waals surface area contributed by atoms with E-state index in [0.29, 0.717) is 15.9 Å². The van der Waals surface area contributed by atoms with E-state index in [1.165, 1.54) is 6.07 Å². The topological polar surface area (TPSA) is 43.8 Å². The Labute approximate surface area is 114 Å². The molecule has 96 valence electrons. The predicted octanol–water partition coefficient (Wildman–Crippen LogP) is 3.24. The lowest BCUT2D eigenvalue weighted by Crippen LogP contribution is -2.19. The van der Waals surface area contributed by atoms with Gasteiger partial charge < -0.3 is 10.3 Å². The maximum absolute atomic E-state index is 13.9. The van der Waals surface area contributed by atoms with Crippen LogP contribution in [0.25, 0.3) is 0 Å². The molecule has 18 heavy (non-hydrogen) atoms. The van der Waals surface area contributed by atoms with Gasteiger partial charge in [-0.3, -0.25) is 0 Å². The third-order valence-electron chi connectivity index (χ3n) is 2.80. The molecule has 0 saturated carbocycles. The Morgan fingerprint density at radius 1 is 1.50 bits per heavy atom. The van der Waals surface area contributed by atoms with Crippen molar-refractivity contribution in [3.63, 3.8) is 0 Å². The van der Waals surface area contributed by atoms with Gasteiger partial charge in [0.2, 0.25) is 0 Å². The highest BCUT2D eigenvalue weighted by atomic mass is 79.9. The fourth-order valence-corrected chi connectivity index (χ4v) is 2.56. The molecule has 1 heterocycles. The molecular weight excluding hydrogens is 297 g/mol. The normalized spacial score (nSPS) is 12.7. The molecule has 1 unspecified atom stereocenters. The largest absolute Gasteiger partial charge is 0.333 e. The van der Waals surface area contributed by atoms with Crippen LogP contribution in [0.1, 0.15) is 30.8 Å². The smallest absolute Gasteiger partial charge is 0.130 e. The molecule has 0 saturated heterocycles. The van der Waals surface area contributed by atoms with E-state index >= 15 is 0 Å². The first-order valence-electron chi connectivity index (χ1n) is 5.85. The van der Waals surface area contributed by atoms with Gasteiger partial charge in [-0.15, -0.1) is 0 Å². The van der Waals surface area contributed by atoms with Crippen LogP contribution in [-0.2, 0) is 6.54 Å². The summed E-state index contributed by atoms with van der Waals surface area (Å²) < 4.78 is 16.5. The van der Waals surface area contributed by atoms with Crippen LogP contribution in [0.2, 0.25) is 0 Å². The lowest BCUT2D eigenvalue weighted by Gasteiger charge is -2.16. The Morgan fingerprint density at radius 2 is 2.28 bits per heavy atom. The van der Waals surface area contributed by atoms with Crippen molar-refractivity contribution in [2.24, 2.45) is 5.73 Å². The Hall–Kier alpha value is -1.20. The van der Waals surface area contributed by atoms with Gasteiger partial charge in [-0.25, -0.2) is 9.37 Å². The van der Waals surface area contributed by atoms with Crippen LogP contribution in [0, 0.1) is 5.82 Å². The number of imidazole rings is 1. The molecule has 0 radical (unpaired) electrons. The van der Waals surface area contributed by atoms with Gasteiger partial charge in [-0.2, -0.15) is 0 Å². The third kappa shape index (κ3) is 2.47. The summed E-state index contributed by atoms with van der Waals surface area (Å²) in [4.78, 5) is 4.24. The molecule has 0 spiro atoms. The third-order valence-corrected chi connectivity index (χ3v) is 3.49. The summed E-state index contributed by atoms with van der Waals surface area (Å²) in [5.41, 5.74) is 6.59. The van der Waals surface area contributed by atoms with Gasteiger partial charge in [0.1, 0.15) is 11.6 Å². The molecule has 0 aliphatic carbocycles. The highest BCUT2D eigenvalue weighted by Crippen LogP contribution is 2.28. The second-order valence-corrected chi connectivity index (χ2v) is 4.95. The van der Waals surface area contributed by atoms with Gasteiger partial charge in [-0.1, -0.05) is 28.9 Å². The number of benzene rings is 1. The van der Waals surface area contributed by atoms with Crippen molar-refractivity contribution in [2.75, 3.05) is 0 Å². The maximum Gasteiger partial charge on any atom is 0.130 e. The Balaban J connectivity index is 2.41. The minimum absolute atomic E-state index is 0.317. The summed E-state index contributed by atoms with van der Waals surface area (Å²) >= 11 is 3.34. The number of hydrogen-bond acceptors (Lipinski definition) is 2. The minimum atomic E-state index is -0.567. The quantitative estimate of drug-likeness (QED) is 0.942. The first kappa shape index (κ1) is 13.2. The van der Waals surface area contributed by atoms with Crippen molar-refractivity contribution < 1.29 is 4.39 Å². The second kappa shape index (κ2) is 5.63. The van der Waals surface area contributed by atoms with E-state index in [9.17, 15) is 4.39 Å². The Morgan fingerprint density at radius 3 is 2.94 bits per heavy atom. The van der Waals surface area contributed by atoms with Crippen molar-refractivity contribution in [1.82, 2.24) is 9.55 Å². The molecule has 2 N–H and O–H groups in total. The summed E-state index contributed by atoms with van der Waals surface area (Å²) in [5.74, 6) is 0.366. The van der Waals surface area contributed by atoms with E-state index in [-0.39, 0.29) is 5.82 Å². The summed E-state index contributed by atoms with van der Waals surface area (Å²) in [7, 11) is 0. The van der Waals surface area contributed by atoms with E-state index in [4.69, 9.17) is 5.73 Å². The first-order valence-corrected chi connectivity index (χ1v) is 6.65. The van der Waals surface area contributed by atoms with Crippen LogP contribution in [0.3, 0.4) is 0 Å². The van der Waals surface area contributed by atoms with E-state index in [1.807, 2.05) is 10.8 Å². The van der Waals surface area contributed by atoms with Crippen LogP contribution in [-0.4, -0.2) is 9.55 Å². The second-order valence-electron chi connectivity index (χ2n) is 4.09. The van der Waals surface area contributed by atoms with Gasteiger partial charge in [0.05, 0.1) is 6.04 Å². The zero-order valence-corrected chi connectivity index (χ0v) is 11.7. The fraction of sp³-hybridized carbons (Fsp3) is 0.308. The standard InChI is InChI=1S/C13H15BrFN3/c1-2-7-18-8-6-17-13(18)12(16)11-9(14)4-3-5-10(11)15/h3-6,8,12H,2,7,16H2,1H3. The lowest BCUT2D eigenvalue weighted by atomic mass is 10.1. The van der Waals surface area contributed by atoms with Crippen LogP contribution in [0.15, 0.2) is 35.1 Å². The molecule has 2 aromatic rings. The summed E-state index contributed by atoms with van der Waals surface area (Å²) in [6.07, 6.45) is 4.54. The van der Waals surface area contributed by atoms with Crippen molar-refractivity contribution in [3.05, 3.63) is 52.3 Å². The highest BCUT2D eigenvalue weighted by molar-refractivity contribution is 9.10. The zero-order chi connectivity index (χ0) is 13.1. The van der Waals surface area contributed by atoms with Gasteiger partial charge in [0.15, 0.2) is 0 Å². The lowest BCUT2D eigenvalue weighted by molar-refractivity contribution is 0.569. The molecule has 0 fully saturated rings. The average Bonchev–Trinajstić information content (AvgIpc) is 2.77. The predicted molar refractivity (Wildman–Crippen MR) is 72.6 cm³/mol. The molecule has 1 aromatic heterocycles. The van der Waals surface area contributed by atoms with E-state index < -0.39 is 6.04 Å². The Kier molecular flexibility index (Phi) is 4.14. The number of rotatable bonds is 4. The molecule has 1 aromatic carbocycles. The monoisotopic (exact) mass is 311 g/mol. The van der Waals surface area contributed by atoms with Crippen molar-refractivity contribution >= 4 is 15.9 Å². The molecule has 2 rings (SSSR count).